The molecule has 1 saturated carbocycles. The van der Waals surface area contributed by atoms with Crippen molar-refractivity contribution in [3.63, 3.8) is 0 Å². The zero-order valence-corrected chi connectivity index (χ0v) is 10.7. The van der Waals surface area contributed by atoms with Crippen molar-refractivity contribution in [1.82, 2.24) is 9.78 Å². The van der Waals surface area contributed by atoms with Gasteiger partial charge in [-0.15, -0.1) is 5.10 Å². The lowest BCUT2D eigenvalue weighted by molar-refractivity contribution is 0.886. The van der Waals surface area contributed by atoms with E-state index in [1.807, 2.05) is 31.2 Å². The van der Waals surface area contributed by atoms with Crippen LogP contribution in [-0.2, 0) is 0 Å². The molecule has 1 aromatic heterocycles. The summed E-state index contributed by atoms with van der Waals surface area (Å²) < 4.78 is 1.61. The number of aryl methyl sites for hydroxylation is 1. The molecule has 0 bridgehead atoms. The molecule has 2 aromatic rings. The van der Waals surface area contributed by atoms with Crippen LogP contribution < -0.4 is 11.1 Å². The van der Waals surface area contributed by atoms with Gasteiger partial charge >= 0.3 is 0 Å². The molecule has 1 aromatic carbocycles. The van der Waals surface area contributed by atoms with Gasteiger partial charge < -0.3 is 11.1 Å². The summed E-state index contributed by atoms with van der Waals surface area (Å²) in [6.07, 6.45) is 2.25. The average molecular weight is 253 g/mol. The van der Waals surface area contributed by atoms with Gasteiger partial charge in [-0.2, -0.15) is 5.26 Å². The van der Waals surface area contributed by atoms with Crippen LogP contribution in [0.3, 0.4) is 0 Å². The fraction of sp³-hybridized carbons (Fsp3) is 0.286. The Bertz CT molecular complexity index is 644. The SMILES string of the molecule is Cc1ccc(-n2nc(NC3CC3)c(C#N)c2N)cc1. The van der Waals surface area contributed by atoms with Gasteiger partial charge in [-0.05, 0) is 31.9 Å². The first-order valence-electron chi connectivity index (χ1n) is 6.31. The standard InChI is InChI=1S/C14H15N5/c1-9-2-6-11(7-3-9)19-13(16)12(8-15)14(18-19)17-10-4-5-10/h2-3,6-7,10H,4-5,16H2,1H3,(H,17,18). The van der Waals surface area contributed by atoms with Crippen LogP contribution in [0.1, 0.15) is 24.0 Å². The molecule has 19 heavy (non-hydrogen) atoms. The number of nitrogens with two attached hydrogens (primary N) is 1. The highest BCUT2D eigenvalue weighted by atomic mass is 15.4. The van der Waals surface area contributed by atoms with Gasteiger partial charge in [0.25, 0.3) is 0 Å². The number of nitrogen functional groups attached to an aromatic ring is 1. The van der Waals surface area contributed by atoms with Crippen molar-refractivity contribution in [2.45, 2.75) is 25.8 Å². The van der Waals surface area contributed by atoms with Crippen LogP contribution in [0.25, 0.3) is 5.69 Å². The highest BCUT2D eigenvalue weighted by Gasteiger charge is 2.25. The minimum absolute atomic E-state index is 0.384. The van der Waals surface area contributed by atoms with Crippen LogP contribution >= 0.6 is 0 Å². The van der Waals surface area contributed by atoms with Crippen molar-refractivity contribution in [3.8, 4) is 11.8 Å². The number of hydrogen-bond donors (Lipinski definition) is 2. The molecule has 0 spiro atoms. The van der Waals surface area contributed by atoms with Crippen molar-refractivity contribution in [1.29, 1.82) is 5.26 Å². The van der Waals surface area contributed by atoms with E-state index in [0.29, 0.717) is 23.2 Å². The Morgan fingerprint density at radius 1 is 1.37 bits per heavy atom. The van der Waals surface area contributed by atoms with Crippen LogP contribution in [0.2, 0.25) is 0 Å². The lowest BCUT2D eigenvalue weighted by Gasteiger charge is -2.03. The quantitative estimate of drug-likeness (QED) is 0.878. The molecule has 1 fully saturated rings. The summed E-state index contributed by atoms with van der Waals surface area (Å²) in [6, 6.07) is 10.4. The third-order valence-electron chi connectivity index (χ3n) is 3.23. The van der Waals surface area contributed by atoms with Crippen molar-refractivity contribution in [2.75, 3.05) is 11.1 Å². The molecule has 1 aliphatic carbocycles. The second kappa shape index (κ2) is 4.32. The van der Waals surface area contributed by atoms with Crippen molar-refractivity contribution >= 4 is 11.6 Å². The first kappa shape index (κ1) is 11.6. The summed E-state index contributed by atoms with van der Waals surface area (Å²) in [5, 5.41) is 16.9. The minimum Gasteiger partial charge on any atom is -0.382 e. The maximum atomic E-state index is 9.21. The first-order chi connectivity index (χ1) is 9.19. The molecule has 1 heterocycles. The number of hydrogen-bond acceptors (Lipinski definition) is 4. The summed E-state index contributed by atoms with van der Waals surface area (Å²) in [7, 11) is 0. The average Bonchev–Trinajstić information content (AvgIpc) is 3.15. The number of nitrogens with zero attached hydrogens (tertiary/aromatic N) is 3. The number of benzene rings is 1. The smallest absolute Gasteiger partial charge is 0.168 e. The predicted octanol–water partition coefficient (Wildman–Crippen LogP) is 2.21. The van der Waals surface area contributed by atoms with Gasteiger partial charge in [-0.25, -0.2) is 4.68 Å². The molecule has 0 amide bonds. The maximum Gasteiger partial charge on any atom is 0.168 e. The van der Waals surface area contributed by atoms with E-state index in [4.69, 9.17) is 5.73 Å². The Morgan fingerprint density at radius 2 is 2.05 bits per heavy atom. The van der Waals surface area contributed by atoms with Gasteiger partial charge in [0.2, 0.25) is 0 Å². The number of nitriles is 1. The molecule has 3 rings (SSSR count). The Kier molecular flexibility index (Phi) is 2.64. The molecule has 0 atom stereocenters. The van der Waals surface area contributed by atoms with E-state index in [0.717, 1.165) is 18.5 Å². The minimum atomic E-state index is 0.384. The van der Waals surface area contributed by atoms with Crippen LogP contribution in [0.4, 0.5) is 11.6 Å². The highest BCUT2D eigenvalue weighted by molar-refractivity contribution is 5.66. The zero-order valence-electron chi connectivity index (χ0n) is 10.7. The summed E-state index contributed by atoms with van der Waals surface area (Å²) >= 11 is 0. The van der Waals surface area contributed by atoms with Gasteiger partial charge in [0.05, 0.1) is 5.69 Å². The largest absolute Gasteiger partial charge is 0.382 e. The fourth-order valence-electron chi connectivity index (χ4n) is 1.95. The van der Waals surface area contributed by atoms with E-state index in [1.165, 1.54) is 5.56 Å². The third-order valence-corrected chi connectivity index (χ3v) is 3.23. The zero-order chi connectivity index (χ0) is 13.4. The predicted molar refractivity (Wildman–Crippen MR) is 74.1 cm³/mol. The van der Waals surface area contributed by atoms with Crippen molar-refractivity contribution in [2.24, 2.45) is 0 Å². The Labute approximate surface area is 111 Å². The van der Waals surface area contributed by atoms with E-state index in [-0.39, 0.29) is 0 Å². The molecule has 1 aliphatic rings. The molecule has 0 radical (unpaired) electrons. The molecule has 5 heteroatoms. The topological polar surface area (TPSA) is 79.7 Å². The summed E-state index contributed by atoms with van der Waals surface area (Å²) in [5.41, 5.74) is 8.48. The lowest BCUT2D eigenvalue weighted by Crippen LogP contribution is -2.04. The molecular formula is C14H15N5. The number of anilines is 2. The number of nitrogens with one attached hydrogen (secondary N) is 1. The molecule has 5 nitrogen and oxygen atoms in total. The Balaban J connectivity index is 2.03. The van der Waals surface area contributed by atoms with Gasteiger partial charge in [0, 0.05) is 6.04 Å². The van der Waals surface area contributed by atoms with E-state index in [9.17, 15) is 5.26 Å². The van der Waals surface area contributed by atoms with Crippen molar-refractivity contribution in [3.05, 3.63) is 35.4 Å². The number of rotatable bonds is 3. The van der Waals surface area contributed by atoms with Gasteiger partial charge in [-0.3, -0.25) is 0 Å². The van der Waals surface area contributed by atoms with Crippen LogP contribution in [-0.4, -0.2) is 15.8 Å². The van der Waals surface area contributed by atoms with E-state index in [2.05, 4.69) is 16.5 Å². The molecule has 0 saturated heterocycles. The van der Waals surface area contributed by atoms with Gasteiger partial charge in [-0.1, -0.05) is 17.7 Å². The monoisotopic (exact) mass is 253 g/mol. The fourth-order valence-corrected chi connectivity index (χ4v) is 1.95. The lowest BCUT2D eigenvalue weighted by atomic mass is 10.2. The Hall–Kier alpha value is -2.48. The highest BCUT2D eigenvalue weighted by Crippen LogP contribution is 2.29. The van der Waals surface area contributed by atoms with Gasteiger partial charge in [0.1, 0.15) is 17.5 Å². The summed E-state index contributed by atoms with van der Waals surface area (Å²) in [4.78, 5) is 0. The Morgan fingerprint density at radius 3 is 2.63 bits per heavy atom. The molecule has 96 valence electrons. The molecule has 0 unspecified atom stereocenters. The van der Waals surface area contributed by atoms with Crippen LogP contribution in [0.15, 0.2) is 24.3 Å². The normalized spacial score (nSPS) is 14.1. The second-order valence-electron chi connectivity index (χ2n) is 4.89. The first-order valence-corrected chi connectivity index (χ1v) is 6.31. The van der Waals surface area contributed by atoms with Crippen molar-refractivity contribution < 1.29 is 0 Å². The van der Waals surface area contributed by atoms with Crippen LogP contribution in [0, 0.1) is 18.3 Å². The van der Waals surface area contributed by atoms with Crippen LogP contribution in [0.5, 0.6) is 0 Å². The second-order valence-corrected chi connectivity index (χ2v) is 4.89. The number of aromatic nitrogens is 2. The maximum absolute atomic E-state index is 9.21. The van der Waals surface area contributed by atoms with E-state index in [1.54, 1.807) is 4.68 Å². The third kappa shape index (κ3) is 2.13. The summed E-state index contributed by atoms with van der Waals surface area (Å²) in [6.45, 7) is 2.02. The van der Waals surface area contributed by atoms with E-state index < -0.39 is 0 Å². The molecule has 0 aliphatic heterocycles. The summed E-state index contributed by atoms with van der Waals surface area (Å²) in [5.74, 6) is 0.970. The van der Waals surface area contributed by atoms with Gasteiger partial charge in [0.15, 0.2) is 5.82 Å². The van der Waals surface area contributed by atoms with E-state index >= 15 is 0 Å². The molecular weight excluding hydrogens is 238 g/mol. The molecule has 3 N–H and O–H groups in total.